The van der Waals surface area contributed by atoms with Crippen LogP contribution in [0.5, 0.6) is 0 Å². The van der Waals surface area contributed by atoms with Gasteiger partial charge in [-0.15, -0.1) is 0 Å². The van der Waals surface area contributed by atoms with Gasteiger partial charge in [0.05, 0.1) is 18.3 Å². The maximum absolute atomic E-state index is 9.41. The first kappa shape index (κ1) is 11.9. The molecule has 1 saturated heterocycles. The fourth-order valence-electron chi connectivity index (χ4n) is 3.75. The van der Waals surface area contributed by atoms with Crippen molar-refractivity contribution in [2.24, 2.45) is 0 Å². The molecule has 1 unspecified atom stereocenters. The van der Waals surface area contributed by atoms with E-state index in [0.717, 1.165) is 19.4 Å². The summed E-state index contributed by atoms with van der Waals surface area (Å²) in [6.45, 7) is 1.22. The molecule has 0 amide bonds. The van der Waals surface area contributed by atoms with Crippen LogP contribution in [0.25, 0.3) is 0 Å². The quantitative estimate of drug-likeness (QED) is 0.788. The first-order valence-corrected chi connectivity index (χ1v) is 7.30. The van der Waals surface area contributed by atoms with E-state index in [0.29, 0.717) is 6.10 Å². The first-order valence-electron chi connectivity index (χ1n) is 7.30. The standard InChI is InChI=1S/C14H25NO2/c16-11-13(5-3-6-13)15-10-12-4-9-14(17-12)7-1-2-8-14/h12,15-16H,1-11H2. The Balaban J connectivity index is 1.47. The van der Waals surface area contributed by atoms with Crippen molar-refractivity contribution in [3.05, 3.63) is 0 Å². The molecule has 3 aliphatic rings. The van der Waals surface area contributed by atoms with Crippen molar-refractivity contribution in [1.82, 2.24) is 5.32 Å². The maximum Gasteiger partial charge on any atom is 0.0708 e. The van der Waals surface area contributed by atoms with Gasteiger partial charge in [-0.1, -0.05) is 12.8 Å². The van der Waals surface area contributed by atoms with Crippen LogP contribution in [0, 0.1) is 0 Å². The summed E-state index contributed by atoms with van der Waals surface area (Å²) in [5.74, 6) is 0. The molecule has 3 nitrogen and oxygen atoms in total. The second-order valence-electron chi connectivity index (χ2n) is 6.34. The van der Waals surface area contributed by atoms with Crippen molar-refractivity contribution >= 4 is 0 Å². The van der Waals surface area contributed by atoms with Crippen molar-refractivity contribution in [3.63, 3.8) is 0 Å². The van der Waals surface area contributed by atoms with Crippen LogP contribution in [-0.4, -0.2) is 35.5 Å². The van der Waals surface area contributed by atoms with Gasteiger partial charge in [-0.2, -0.15) is 0 Å². The van der Waals surface area contributed by atoms with Gasteiger partial charge in [-0.25, -0.2) is 0 Å². The number of nitrogens with one attached hydrogen (secondary N) is 1. The Morgan fingerprint density at radius 1 is 1.06 bits per heavy atom. The lowest BCUT2D eigenvalue weighted by molar-refractivity contribution is -0.0415. The molecule has 17 heavy (non-hydrogen) atoms. The zero-order chi connectivity index (χ0) is 11.8. The molecular weight excluding hydrogens is 214 g/mol. The van der Waals surface area contributed by atoms with E-state index >= 15 is 0 Å². The molecule has 3 heteroatoms. The third kappa shape index (κ3) is 2.25. The Hall–Kier alpha value is -0.120. The molecule has 2 aliphatic carbocycles. The number of hydrogen-bond donors (Lipinski definition) is 2. The Morgan fingerprint density at radius 3 is 2.41 bits per heavy atom. The number of hydrogen-bond acceptors (Lipinski definition) is 3. The van der Waals surface area contributed by atoms with Crippen molar-refractivity contribution in [2.75, 3.05) is 13.2 Å². The van der Waals surface area contributed by atoms with E-state index in [-0.39, 0.29) is 17.7 Å². The van der Waals surface area contributed by atoms with Crippen LogP contribution in [-0.2, 0) is 4.74 Å². The summed E-state index contributed by atoms with van der Waals surface area (Å²) >= 11 is 0. The highest BCUT2D eigenvalue weighted by atomic mass is 16.5. The number of aliphatic hydroxyl groups is 1. The minimum Gasteiger partial charge on any atom is -0.394 e. The van der Waals surface area contributed by atoms with Crippen LogP contribution < -0.4 is 5.32 Å². The molecule has 0 aromatic rings. The van der Waals surface area contributed by atoms with E-state index in [1.165, 1.54) is 44.9 Å². The minimum atomic E-state index is 0.0365. The number of rotatable bonds is 4. The fraction of sp³-hybridized carbons (Fsp3) is 1.00. The molecule has 0 aromatic carbocycles. The summed E-state index contributed by atoms with van der Waals surface area (Å²) in [4.78, 5) is 0. The van der Waals surface area contributed by atoms with Crippen molar-refractivity contribution < 1.29 is 9.84 Å². The predicted octanol–water partition coefficient (Wildman–Crippen LogP) is 1.98. The highest BCUT2D eigenvalue weighted by molar-refractivity contribution is 4.98. The molecule has 98 valence electrons. The molecule has 2 saturated carbocycles. The van der Waals surface area contributed by atoms with Crippen molar-refractivity contribution in [1.29, 1.82) is 0 Å². The molecule has 1 atom stereocenters. The third-order valence-electron chi connectivity index (χ3n) is 5.17. The molecular formula is C14H25NO2. The van der Waals surface area contributed by atoms with Gasteiger partial charge in [0.15, 0.2) is 0 Å². The van der Waals surface area contributed by atoms with E-state index in [1.807, 2.05) is 0 Å². The maximum atomic E-state index is 9.41. The van der Waals surface area contributed by atoms with Gasteiger partial charge < -0.3 is 15.2 Å². The summed E-state index contributed by atoms with van der Waals surface area (Å²) in [7, 11) is 0. The summed E-state index contributed by atoms with van der Waals surface area (Å²) < 4.78 is 6.27. The Labute approximate surface area is 104 Å². The van der Waals surface area contributed by atoms with Gasteiger partial charge in [0, 0.05) is 12.1 Å². The van der Waals surface area contributed by atoms with Crippen LogP contribution in [0.2, 0.25) is 0 Å². The molecule has 0 aromatic heterocycles. The van der Waals surface area contributed by atoms with E-state index < -0.39 is 0 Å². The summed E-state index contributed by atoms with van der Waals surface area (Å²) in [5.41, 5.74) is 0.285. The summed E-state index contributed by atoms with van der Waals surface area (Å²) in [5, 5.41) is 13.0. The van der Waals surface area contributed by atoms with E-state index in [1.54, 1.807) is 0 Å². The Bertz CT molecular complexity index is 264. The number of ether oxygens (including phenoxy) is 1. The van der Waals surface area contributed by atoms with Crippen LogP contribution in [0.4, 0.5) is 0 Å². The van der Waals surface area contributed by atoms with Gasteiger partial charge in [-0.05, 0) is 44.9 Å². The second kappa shape index (κ2) is 4.52. The predicted molar refractivity (Wildman–Crippen MR) is 67.0 cm³/mol. The highest BCUT2D eigenvalue weighted by Gasteiger charge is 2.43. The SMILES string of the molecule is OCC1(NCC2CCC3(CCCC3)O2)CCC1. The topological polar surface area (TPSA) is 41.5 Å². The zero-order valence-electron chi connectivity index (χ0n) is 10.7. The average molecular weight is 239 g/mol. The summed E-state index contributed by atoms with van der Waals surface area (Å²) in [6.07, 6.45) is 11.6. The Kier molecular flexibility index (Phi) is 3.18. The van der Waals surface area contributed by atoms with E-state index in [2.05, 4.69) is 5.32 Å². The van der Waals surface area contributed by atoms with Gasteiger partial charge >= 0.3 is 0 Å². The van der Waals surface area contributed by atoms with E-state index in [9.17, 15) is 5.11 Å². The van der Waals surface area contributed by atoms with Gasteiger partial charge in [0.1, 0.15) is 0 Å². The lowest BCUT2D eigenvalue weighted by Crippen LogP contribution is -2.55. The van der Waals surface area contributed by atoms with Crippen LogP contribution >= 0.6 is 0 Å². The van der Waals surface area contributed by atoms with Crippen molar-refractivity contribution in [2.45, 2.75) is 75.0 Å². The molecule has 0 bridgehead atoms. The first-order chi connectivity index (χ1) is 8.26. The average Bonchev–Trinajstić information content (AvgIpc) is 2.89. The smallest absolute Gasteiger partial charge is 0.0708 e. The fourth-order valence-corrected chi connectivity index (χ4v) is 3.75. The molecule has 2 N–H and O–H groups in total. The zero-order valence-corrected chi connectivity index (χ0v) is 10.7. The molecule has 0 radical (unpaired) electrons. The monoisotopic (exact) mass is 239 g/mol. The van der Waals surface area contributed by atoms with Gasteiger partial charge in [-0.3, -0.25) is 0 Å². The lowest BCUT2D eigenvalue weighted by atomic mass is 9.77. The minimum absolute atomic E-state index is 0.0365. The van der Waals surface area contributed by atoms with Crippen LogP contribution in [0.3, 0.4) is 0 Å². The molecule has 3 fully saturated rings. The normalized spacial score (nSPS) is 34.1. The second-order valence-corrected chi connectivity index (χ2v) is 6.34. The van der Waals surface area contributed by atoms with Crippen LogP contribution in [0.1, 0.15) is 57.8 Å². The molecule has 1 spiro atoms. The van der Waals surface area contributed by atoms with E-state index in [4.69, 9.17) is 4.74 Å². The molecule has 1 aliphatic heterocycles. The largest absolute Gasteiger partial charge is 0.394 e. The molecule has 3 rings (SSSR count). The lowest BCUT2D eigenvalue weighted by Gasteiger charge is -2.42. The van der Waals surface area contributed by atoms with Gasteiger partial charge in [0.2, 0.25) is 0 Å². The summed E-state index contributed by atoms with van der Waals surface area (Å²) in [6, 6.07) is 0. The number of aliphatic hydroxyl groups excluding tert-OH is 1. The Morgan fingerprint density at radius 2 is 1.82 bits per heavy atom. The van der Waals surface area contributed by atoms with Crippen LogP contribution in [0.15, 0.2) is 0 Å². The molecule has 1 heterocycles. The highest BCUT2D eigenvalue weighted by Crippen LogP contribution is 2.43. The van der Waals surface area contributed by atoms with Gasteiger partial charge in [0.25, 0.3) is 0 Å². The van der Waals surface area contributed by atoms with Crippen molar-refractivity contribution in [3.8, 4) is 0 Å². The third-order valence-corrected chi connectivity index (χ3v) is 5.17.